The van der Waals surface area contributed by atoms with Crippen molar-refractivity contribution in [3.63, 3.8) is 0 Å². The molecule has 1 atom stereocenters. The SMILES string of the molecule is Cc1cnc(OCC2CCCN(C(=O)Cc3ccc(F)cc3)C2)nc1. The van der Waals surface area contributed by atoms with E-state index in [4.69, 9.17) is 4.74 Å². The predicted octanol–water partition coefficient (Wildman–Crippen LogP) is 2.78. The second-order valence-electron chi connectivity index (χ2n) is 6.51. The highest BCUT2D eigenvalue weighted by molar-refractivity contribution is 5.78. The fourth-order valence-electron chi connectivity index (χ4n) is 2.96. The highest BCUT2D eigenvalue weighted by Gasteiger charge is 2.24. The molecule has 0 spiro atoms. The first-order valence-corrected chi connectivity index (χ1v) is 8.54. The average Bonchev–Trinajstić information content (AvgIpc) is 2.63. The molecule has 2 heterocycles. The zero-order valence-electron chi connectivity index (χ0n) is 14.3. The molecule has 1 fully saturated rings. The number of piperidine rings is 1. The highest BCUT2D eigenvalue weighted by atomic mass is 19.1. The first-order valence-electron chi connectivity index (χ1n) is 8.54. The van der Waals surface area contributed by atoms with Crippen LogP contribution in [0.4, 0.5) is 4.39 Å². The van der Waals surface area contributed by atoms with Crippen LogP contribution >= 0.6 is 0 Å². The molecule has 2 aromatic rings. The summed E-state index contributed by atoms with van der Waals surface area (Å²) in [6.45, 7) is 3.86. The summed E-state index contributed by atoms with van der Waals surface area (Å²) in [5.41, 5.74) is 1.82. The number of carbonyl (C=O) groups excluding carboxylic acids is 1. The molecule has 1 aliphatic rings. The minimum Gasteiger partial charge on any atom is -0.463 e. The Morgan fingerprint density at radius 2 is 2.00 bits per heavy atom. The van der Waals surface area contributed by atoms with Crippen LogP contribution in [0.25, 0.3) is 0 Å². The highest BCUT2D eigenvalue weighted by Crippen LogP contribution is 2.18. The van der Waals surface area contributed by atoms with Gasteiger partial charge in [-0.25, -0.2) is 14.4 Å². The molecule has 1 saturated heterocycles. The van der Waals surface area contributed by atoms with E-state index in [1.165, 1.54) is 12.1 Å². The van der Waals surface area contributed by atoms with Gasteiger partial charge >= 0.3 is 6.01 Å². The molecule has 1 unspecified atom stereocenters. The van der Waals surface area contributed by atoms with Crippen LogP contribution in [0.1, 0.15) is 24.0 Å². The average molecular weight is 343 g/mol. The van der Waals surface area contributed by atoms with Crippen LogP contribution in [0.15, 0.2) is 36.7 Å². The van der Waals surface area contributed by atoms with Crippen molar-refractivity contribution in [2.24, 2.45) is 5.92 Å². The molecule has 1 amide bonds. The molecular weight excluding hydrogens is 321 g/mol. The first-order chi connectivity index (χ1) is 12.1. The monoisotopic (exact) mass is 343 g/mol. The third-order valence-corrected chi connectivity index (χ3v) is 4.35. The van der Waals surface area contributed by atoms with Gasteiger partial charge in [0.1, 0.15) is 5.82 Å². The Labute approximate surface area is 146 Å². The van der Waals surface area contributed by atoms with Crippen LogP contribution in [-0.4, -0.2) is 40.5 Å². The van der Waals surface area contributed by atoms with Gasteiger partial charge in [-0.1, -0.05) is 12.1 Å². The van der Waals surface area contributed by atoms with E-state index < -0.39 is 0 Å². The molecule has 0 radical (unpaired) electrons. The van der Waals surface area contributed by atoms with Crippen molar-refractivity contribution in [1.82, 2.24) is 14.9 Å². The zero-order chi connectivity index (χ0) is 17.6. The van der Waals surface area contributed by atoms with Gasteiger partial charge in [0.05, 0.1) is 13.0 Å². The summed E-state index contributed by atoms with van der Waals surface area (Å²) in [5, 5.41) is 0. The Balaban J connectivity index is 1.50. The summed E-state index contributed by atoms with van der Waals surface area (Å²) in [7, 11) is 0. The van der Waals surface area contributed by atoms with Crippen LogP contribution in [0, 0.1) is 18.7 Å². The smallest absolute Gasteiger partial charge is 0.316 e. The number of likely N-dealkylation sites (tertiary alicyclic amines) is 1. The van der Waals surface area contributed by atoms with E-state index in [2.05, 4.69) is 9.97 Å². The number of ether oxygens (including phenoxy) is 1. The lowest BCUT2D eigenvalue weighted by Crippen LogP contribution is -2.42. The maximum Gasteiger partial charge on any atom is 0.316 e. The molecule has 5 nitrogen and oxygen atoms in total. The van der Waals surface area contributed by atoms with E-state index in [0.29, 0.717) is 25.6 Å². The number of aryl methyl sites for hydroxylation is 1. The van der Waals surface area contributed by atoms with Crippen LogP contribution in [0.5, 0.6) is 6.01 Å². The first kappa shape index (κ1) is 17.3. The summed E-state index contributed by atoms with van der Waals surface area (Å²) in [6.07, 6.45) is 5.72. The standard InChI is InChI=1S/C19H22FN3O2/c1-14-10-21-19(22-11-14)25-13-16-3-2-8-23(12-16)18(24)9-15-4-6-17(20)7-5-15/h4-7,10-11,16H,2-3,8-9,12-13H2,1H3. The third kappa shape index (κ3) is 4.98. The number of nitrogens with zero attached hydrogens (tertiary/aromatic N) is 3. The second kappa shape index (κ2) is 8.05. The number of carbonyl (C=O) groups is 1. The van der Waals surface area contributed by atoms with Crippen LogP contribution in [0.2, 0.25) is 0 Å². The number of amides is 1. The van der Waals surface area contributed by atoms with Crippen LogP contribution in [0.3, 0.4) is 0 Å². The fourth-order valence-corrected chi connectivity index (χ4v) is 2.96. The minimum atomic E-state index is -0.287. The maximum atomic E-state index is 13.0. The summed E-state index contributed by atoms with van der Waals surface area (Å²) in [5.74, 6) is 0.0587. The largest absolute Gasteiger partial charge is 0.463 e. The number of aromatic nitrogens is 2. The predicted molar refractivity (Wildman–Crippen MR) is 91.7 cm³/mol. The lowest BCUT2D eigenvalue weighted by Gasteiger charge is -2.32. The Hall–Kier alpha value is -2.50. The molecule has 0 saturated carbocycles. The number of hydrogen-bond donors (Lipinski definition) is 0. The van der Waals surface area contributed by atoms with Gasteiger partial charge < -0.3 is 9.64 Å². The molecule has 1 aromatic carbocycles. The van der Waals surface area contributed by atoms with Gasteiger partial charge in [-0.15, -0.1) is 0 Å². The molecule has 6 heteroatoms. The van der Waals surface area contributed by atoms with Crippen molar-refractivity contribution < 1.29 is 13.9 Å². The van der Waals surface area contributed by atoms with E-state index in [1.807, 2.05) is 11.8 Å². The lowest BCUT2D eigenvalue weighted by molar-refractivity contribution is -0.132. The van der Waals surface area contributed by atoms with Gasteiger partial charge in [0.2, 0.25) is 5.91 Å². The van der Waals surface area contributed by atoms with Crippen molar-refractivity contribution in [3.8, 4) is 6.01 Å². The summed E-state index contributed by atoms with van der Waals surface area (Å²) < 4.78 is 18.6. The topological polar surface area (TPSA) is 55.3 Å². The minimum absolute atomic E-state index is 0.0721. The fraction of sp³-hybridized carbons (Fsp3) is 0.421. The molecule has 132 valence electrons. The lowest BCUT2D eigenvalue weighted by atomic mass is 9.98. The van der Waals surface area contributed by atoms with Gasteiger partial charge in [-0.05, 0) is 43.0 Å². The quantitative estimate of drug-likeness (QED) is 0.838. The Morgan fingerprint density at radius 1 is 1.28 bits per heavy atom. The van der Waals surface area contributed by atoms with Crippen molar-refractivity contribution in [2.45, 2.75) is 26.2 Å². The molecule has 25 heavy (non-hydrogen) atoms. The van der Waals surface area contributed by atoms with Gasteiger partial charge in [-0.3, -0.25) is 4.79 Å². The molecule has 3 rings (SSSR count). The summed E-state index contributed by atoms with van der Waals surface area (Å²) in [6, 6.07) is 6.47. The van der Waals surface area contributed by atoms with Gasteiger partial charge in [0, 0.05) is 31.4 Å². The Morgan fingerprint density at radius 3 is 2.72 bits per heavy atom. The number of rotatable bonds is 5. The third-order valence-electron chi connectivity index (χ3n) is 4.35. The Kier molecular flexibility index (Phi) is 5.58. The van der Waals surface area contributed by atoms with E-state index >= 15 is 0 Å². The van der Waals surface area contributed by atoms with Crippen molar-refractivity contribution in [2.75, 3.05) is 19.7 Å². The normalized spacial score (nSPS) is 17.4. The van der Waals surface area contributed by atoms with E-state index in [1.54, 1.807) is 24.5 Å². The van der Waals surface area contributed by atoms with Gasteiger partial charge in [-0.2, -0.15) is 0 Å². The number of hydrogen-bond acceptors (Lipinski definition) is 4. The molecule has 1 aromatic heterocycles. The van der Waals surface area contributed by atoms with E-state index in [-0.39, 0.29) is 17.6 Å². The molecule has 0 bridgehead atoms. The molecule has 0 N–H and O–H groups in total. The Bertz CT molecular complexity index is 704. The van der Waals surface area contributed by atoms with E-state index in [9.17, 15) is 9.18 Å². The van der Waals surface area contributed by atoms with Crippen molar-refractivity contribution >= 4 is 5.91 Å². The molecule has 0 aliphatic carbocycles. The zero-order valence-corrected chi connectivity index (χ0v) is 14.3. The van der Waals surface area contributed by atoms with Crippen LogP contribution < -0.4 is 4.74 Å². The second-order valence-corrected chi connectivity index (χ2v) is 6.51. The van der Waals surface area contributed by atoms with Crippen molar-refractivity contribution in [3.05, 3.63) is 53.6 Å². The summed E-state index contributed by atoms with van der Waals surface area (Å²) in [4.78, 5) is 22.6. The van der Waals surface area contributed by atoms with Gasteiger partial charge in [0.15, 0.2) is 0 Å². The van der Waals surface area contributed by atoms with Crippen LogP contribution in [-0.2, 0) is 11.2 Å². The van der Waals surface area contributed by atoms with Gasteiger partial charge in [0.25, 0.3) is 0 Å². The molecule has 1 aliphatic heterocycles. The maximum absolute atomic E-state index is 13.0. The number of halogens is 1. The van der Waals surface area contributed by atoms with Crippen molar-refractivity contribution in [1.29, 1.82) is 0 Å². The summed E-state index contributed by atoms with van der Waals surface area (Å²) >= 11 is 0. The van der Waals surface area contributed by atoms with E-state index in [0.717, 1.165) is 30.5 Å². The molecular formula is C19H22FN3O2. The number of benzene rings is 1.